The number of benzene rings is 5. The molecule has 9 aliphatic rings. The zero-order chi connectivity index (χ0) is 96.8. The number of carbonyl (C=O) groups is 4. The summed E-state index contributed by atoms with van der Waals surface area (Å²) in [4.78, 5) is 96.6. The normalized spacial score (nSPS) is 29.0. The summed E-state index contributed by atoms with van der Waals surface area (Å²) in [6.07, 6.45) is 3.98. The molecular formula is C94H98Cl4N20O20. The average molecular weight is 1970 g/mol. The molecule has 722 valence electrons. The third kappa shape index (κ3) is 18.2. The van der Waals surface area contributed by atoms with Crippen LogP contribution in [0.15, 0.2) is 184 Å². The lowest BCUT2D eigenvalue weighted by Crippen LogP contribution is -2.43. The Labute approximate surface area is 808 Å². The van der Waals surface area contributed by atoms with E-state index in [4.69, 9.17) is 151 Å². The molecule has 8 aromatic heterocycles. The number of anilines is 4. The Morgan fingerprint density at radius 1 is 0.406 bits per heavy atom. The van der Waals surface area contributed by atoms with Crippen molar-refractivity contribution in [3.63, 3.8) is 0 Å². The van der Waals surface area contributed by atoms with E-state index in [1.165, 1.54) is 19.0 Å². The highest BCUT2D eigenvalue weighted by molar-refractivity contribution is 6.31. The number of esters is 4. The number of carbonyl (C=O) groups excluding carboxylic acids is 4. The van der Waals surface area contributed by atoms with Crippen LogP contribution in [-0.4, -0.2) is 201 Å². The van der Waals surface area contributed by atoms with Crippen LogP contribution >= 0.6 is 46.4 Å². The molecule has 13 aromatic rings. The lowest BCUT2D eigenvalue weighted by molar-refractivity contribution is -0.182. The van der Waals surface area contributed by atoms with Crippen LogP contribution in [-0.2, 0) is 90.2 Å². The zero-order valence-corrected chi connectivity index (χ0v) is 78.8. The molecule has 40 nitrogen and oxygen atoms in total. The van der Waals surface area contributed by atoms with Crippen LogP contribution in [0, 0.1) is 17.3 Å². The molecular weight excluding hydrogens is 1870 g/mol. The first-order valence-electron chi connectivity index (χ1n) is 44.5. The van der Waals surface area contributed by atoms with Gasteiger partial charge in [-0.15, -0.1) is 0 Å². The molecule has 0 radical (unpaired) electrons. The first-order valence-corrected chi connectivity index (χ1v) is 46.0. The molecule has 8 saturated heterocycles. The molecule has 0 bridgehead atoms. The summed E-state index contributed by atoms with van der Waals surface area (Å²) in [5, 5.41) is 2.45. The predicted octanol–water partition coefficient (Wildman–Crippen LogP) is 12.9. The van der Waals surface area contributed by atoms with Gasteiger partial charge >= 0.3 is 23.9 Å². The van der Waals surface area contributed by atoms with E-state index in [-0.39, 0.29) is 67.7 Å². The molecule has 1 saturated carbocycles. The minimum absolute atomic E-state index is 0.000846. The number of hydrogen-bond acceptors (Lipinski definition) is 36. The molecule has 16 heterocycles. The van der Waals surface area contributed by atoms with Crippen LogP contribution in [0.4, 0.5) is 23.1 Å². The molecule has 0 spiro atoms. The fourth-order valence-electron chi connectivity index (χ4n) is 18.0. The SMILES string of the molecule is CC(C)(C)C(=O)OC[C@H]1O[C@@H](n2cnc3c(N)ncnc32)[C@]2(C)OC(c3ccc(Cl)cc3)O[C@H]12.CC(C)[C@H](N)C(=O)OC[C@H]1O[C@@H](n2cnc3c(N)ncnc32)[C@]2(C)OC(c3ccc(Cl)cc3)O[C@H]12.C[C@@]12OC(c3ccc(Cl)cc3)O[C@@H]1[C@@H](COC(=O)C1CC1)O[C@H]2n1cnc2c(N)ccnc21.C[C@@]12OC(c3ccc(Cl)cc3)O[C@@H]1[C@@H](COC(=O)c1ccccc1)O[C@H]2n1cnc2c(N)ncnc21. The van der Waals surface area contributed by atoms with Crippen molar-refractivity contribution in [1.82, 2.24) is 73.1 Å². The number of pyridine rings is 1. The van der Waals surface area contributed by atoms with E-state index in [9.17, 15) is 19.2 Å². The first-order chi connectivity index (χ1) is 66.1. The molecule has 138 heavy (non-hydrogen) atoms. The van der Waals surface area contributed by atoms with Crippen LogP contribution in [0.2, 0.25) is 20.1 Å². The van der Waals surface area contributed by atoms with E-state index in [1.807, 2.05) is 96.1 Å². The van der Waals surface area contributed by atoms with Gasteiger partial charge in [-0.3, -0.25) is 32.7 Å². The van der Waals surface area contributed by atoms with Crippen molar-refractivity contribution < 1.29 is 95.0 Å². The Kier molecular flexibility index (Phi) is 26.2. The van der Waals surface area contributed by atoms with Crippen molar-refractivity contribution in [3.05, 3.63) is 232 Å². The lowest BCUT2D eigenvalue weighted by atomic mass is 9.96. The topological polar surface area (TPSA) is 508 Å². The molecule has 9 fully saturated rings. The number of nitrogen functional groups attached to an aromatic ring is 4. The van der Waals surface area contributed by atoms with Gasteiger partial charge in [0.2, 0.25) is 0 Å². The van der Waals surface area contributed by atoms with Gasteiger partial charge in [0.15, 0.2) is 90.1 Å². The van der Waals surface area contributed by atoms with Gasteiger partial charge < -0.3 is 104 Å². The Morgan fingerprint density at radius 2 is 0.725 bits per heavy atom. The van der Waals surface area contributed by atoms with Crippen molar-refractivity contribution >= 4 is 138 Å². The minimum Gasteiger partial charge on any atom is -0.463 e. The van der Waals surface area contributed by atoms with Gasteiger partial charge in [-0.05, 0) is 134 Å². The summed E-state index contributed by atoms with van der Waals surface area (Å²) in [5.41, 5.74) is 33.7. The van der Waals surface area contributed by atoms with Gasteiger partial charge in [0, 0.05) is 48.5 Å². The first kappa shape index (κ1) is 95.0. The van der Waals surface area contributed by atoms with Crippen molar-refractivity contribution in [2.24, 2.45) is 23.0 Å². The van der Waals surface area contributed by atoms with Crippen LogP contribution in [0.25, 0.3) is 44.7 Å². The number of halogens is 4. The lowest BCUT2D eigenvalue weighted by Gasteiger charge is -2.28. The molecule has 21 atom stereocenters. The fourth-order valence-corrected chi connectivity index (χ4v) is 18.5. The summed E-state index contributed by atoms with van der Waals surface area (Å²) in [6.45, 7) is 16.7. The summed E-state index contributed by atoms with van der Waals surface area (Å²) < 4.78 is 106. The number of hydrogen-bond donors (Lipinski definition) is 5. The van der Waals surface area contributed by atoms with E-state index >= 15 is 0 Å². The Bertz CT molecular complexity index is 6670. The summed E-state index contributed by atoms with van der Waals surface area (Å²) in [5.74, 6) is -0.766. The number of aromatic nitrogens is 15. The maximum atomic E-state index is 12.6. The van der Waals surface area contributed by atoms with Crippen molar-refractivity contribution in [3.8, 4) is 0 Å². The average Bonchev–Trinajstić information content (AvgIpc) is 1.57. The number of fused-ring (bicyclic) bond motifs is 8. The van der Waals surface area contributed by atoms with Crippen LogP contribution < -0.4 is 28.7 Å². The maximum Gasteiger partial charge on any atom is 0.338 e. The van der Waals surface area contributed by atoms with E-state index in [0.29, 0.717) is 76.0 Å². The van der Waals surface area contributed by atoms with Gasteiger partial charge in [0.1, 0.15) is 145 Å². The molecule has 44 heteroatoms. The van der Waals surface area contributed by atoms with Gasteiger partial charge in [-0.25, -0.2) is 59.6 Å². The third-order valence-electron chi connectivity index (χ3n) is 25.6. The number of nitrogens with two attached hydrogens (primary N) is 5. The van der Waals surface area contributed by atoms with Crippen molar-refractivity contribution in [2.75, 3.05) is 49.4 Å². The van der Waals surface area contributed by atoms with E-state index < -0.39 is 145 Å². The largest absolute Gasteiger partial charge is 0.463 e. The molecule has 22 rings (SSSR count). The van der Waals surface area contributed by atoms with E-state index in [0.717, 1.165) is 35.1 Å². The Morgan fingerprint density at radius 3 is 1.06 bits per heavy atom. The highest BCUT2D eigenvalue weighted by atomic mass is 35.5. The van der Waals surface area contributed by atoms with Crippen molar-refractivity contribution in [2.45, 2.75) is 203 Å². The highest BCUT2D eigenvalue weighted by Gasteiger charge is 2.67. The molecule has 0 amide bonds. The molecule has 5 aromatic carbocycles. The predicted molar refractivity (Wildman–Crippen MR) is 496 cm³/mol. The van der Waals surface area contributed by atoms with Crippen LogP contribution in [0.1, 0.15) is 158 Å². The van der Waals surface area contributed by atoms with E-state index in [1.54, 1.807) is 149 Å². The molecule has 8 aliphatic heterocycles. The Hall–Kier alpha value is -11.9. The standard InChI is InChI=1S/C25H22ClN5O5.C23H27ClN6O5.C23H26ClN5O5.C23H23ClN4O5/c1-25-19(35-23(36-25)15-7-9-16(26)10-8-15)17(11-33-22(32)14-5-3-2-4-6-14)34-24(25)31-13-30-18-20(27)28-12-29-21(18)31;1-11(2)15(25)20(31)32-8-14-17-23(3,35-21(34-17)12-4-6-13(24)7-5-12)22(33-14)30-10-29-16-18(26)27-9-28-19(16)30;1-22(2,3)21(30)31-9-14-16-23(4,34-19(33-16)12-5-7-13(24)8-6-12)20(32-14)29-11-28-15-17(25)26-10-27-18(15)29;1-23-18(32-21(33-23)13-4-6-14(24)7-5-13)16(10-30-20(29)12-2-3-12)31-22(23)28-11-27-17-15(25)8-9-26-19(17)28/h2-10,12-13,17,19,23-24H,11H2,1H3,(H2,27,28,29);4-7,9-11,14-15,17,21-22H,8,25H2,1-3H3,(H2,26,27,28);5-8,10-11,14,16,19-20H,9H2,1-4H3,(H2,25,26,27);4-9,11-12,16,18,21-22H,2-3,10H2,1H3,(H2,25,26)/t17-,19-,23?,24-,25-;14-,15+,17-,21?,22-,23-;14-,16-,19?,20-,23-;16-,18-,21?,22-,23-/m1111/s1. The zero-order valence-electron chi connectivity index (χ0n) is 75.8. The number of imidazole rings is 4. The van der Waals surface area contributed by atoms with Crippen LogP contribution in [0.3, 0.4) is 0 Å². The number of rotatable bonds is 20. The second-order valence-electron chi connectivity index (χ2n) is 36.7. The van der Waals surface area contributed by atoms with Gasteiger partial charge in [0.05, 0.1) is 47.9 Å². The smallest absolute Gasteiger partial charge is 0.338 e. The Balaban J connectivity index is 0.000000118. The van der Waals surface area contributed by atoms with Gasteiger partial charge in [-0.1, -0.05) is 127 Å². The van der Waals surface area contributed by atoms with Crippen LogP contribution in [0.5, 0.6) is 0 Å². The number of nitrogens with zero attached hydrogens (tertiary/aromatic N) is 15. The third-order valence-corrected chi connectivity index (χ3v) is 26.6. The second kappa shape index (κ2) is 38.0. The second-order valence-corrected chi connectivity index (χ2v) is 38.4. The summed E-state index contributed by atoms with van der Waals surface area (Å²) in [7, 11) is 0. The van der Waals surface area contributed by atoms with E-state index in [2.05, 4.69) is 54.8 Å². The van der Waals surface area contributed by atoms with Gasteiger partial charge in [-0.2, -0.15) is 0 Å². The van der Waals surface area contributed by atoms with Gasteiger partial charge in [0.25, 0.3) is 0 Å². The summed E-state index contributed by atoms with van der Waals surface area (Å²) >= 11 is 24.2. The molecule has 4 unspecified atom stereocenters. The number of ether oxygens (including phenoxy) is 16. The monoisotopic (exact) mass is 1970 g/mol. The quantitative estimate of drug-likeness (QED) is 0.0349. The molecule has 1 aliphatic carbocycles. The highest BCUT2D eigenvalue weighted by Crippen LogP contribution is 2.58. The fraction of sp³-hybridized carbons (Fsp3) is 0.415. The minimum atomic E-state index is -0.977. The summed E-state index contributed by atoms with van der Waals surface area (Å²) in [6, 6.07) is 38.7. The molecule has 10 N–H and O–H groups in total. The van der Waals surface area contributed by atoms with Crippen molar-refractivity contribution in [1.29, 1.82) is 0 Å². The maximum absolute atomic E-state index is 12.6.